The van der Waals surface area contributed by atoms with Gasteiger partial charge in [-0.2, -0.15) is 13.2 Å². The van der Waals surface area contributed by atoms with E-state index in [-0.39, 0.29) is 5.69 Å². The maximum Gasteiger partial charge on any atom is 0.416 e. The van der Waals surface area contributed by atoms with Crippen LogP contribution >= 0.6 is 0 Å². The number of nitrogens with two attached hydrogens (primary N) is 1. The first-order valence-corrected chi connectivity index (χ1v) is 5.44. The molecule has 0 aliphatic carbocycles. The predicted octanol–water partition coefficient (Wildman–Crippen LogP) is 2.42. The van der Waals surface area contributed by atoms with E-state index < -0.39 is 36.8 Å². The average Bonchev–Trinajstić information content (AvgIpc) is 2.36. The molecule has 20 heavy (non-hydrogen) atoms. The molecule has 0 saturated carbocycles. The number of hydrogen-bond donors (Lipinski definition) is 3. The molecule has 0 radical (unpaired) electrons. The Morgan fingerprint density at radius 1 is 1.10 bits per heavy atom. The highest BCUT2D eigenvalue weighted by atomic mass is 19.4. The number of urea groups is 1. The Morgan fingerprint density at radius 3 is 2.10 bits per heavy atom. The van der Waals surface area contributed by atoms with Gasteiger partial charge in [-0.3, -0.25) is 0 Å². The van der Waals surface area contributed by atoms with Crippen molar-refractivity contribution in [2.24, 2.45) is 5.73 Å². The van der Waals surface area contributed by atoms with Gasteiger partial charge in [-0.15, -0.1) is 0 Å². The van der Waals surface area contributed by atoms with Crippen LogP contribution in [0.15, 0.2) is 24.3 Å². The summed E-state index contributed by atoms with van der Waals surface area (Å²) in [5, 5.41) is 3.99. The number of alkyl halides is 5. The summed E-state index contributed by atoms with van der Waals surface area (Å²) >= 11 is 0. The van der Waals surface area contributed by atoms with Crippen LogP contribution in [0.2, 0.25) is 0 Å². The number of carbonyl (C=O) groups is 1. The van der Waals surface area contributed by atoms with Crippen molar-refractivity contribution in [1.29, 1.82) is 0 Å². The number of hydrogen-bond acceptors (Lipinski definition) is 2. The fourth-order valence-corrected chi connectivity index (χ4v) is 1.20. The summed E-state index contributed by atoms with van der Waals surface area (Å²) in [7, 11) is 0. The fraction of sp³-hybridized carbons (Fsp3) is 0.364. The number of halogens is 5. The molecular weight excluding hydrogens is 285 g/mol. The monoisotopic (exact) mass is 297 g/mol. The first-order chi connectivity index (χ1) is 9.14. The molecule has 2 amide bonds. The highest BCUT2D eigenvalue weighted by molar-refractivity contribution is 5.89. The van der Waals surface area contributed by atoms with Gasteiger partial charge in [0, 0.05) is 5.69 Å². The molecule has 0 saturated heterocycles. The number of anilines is 1. The summed E-state index contributed by atoms with van der Waals surface area (Å²) in [5.41, 5.74) is 3.95. The van der Waals surface area contributed by atoms with E-state index in [2.05, 4.69) is 5.32 Å². The molecule has 0 heterocycles. The van der Waals surface area contributed by atoms with E-state index in [0.717, 1.165) is 24.3 Å². The summed E-state index contributed by atoms with van der Waals surface area (Å²) in [6.07, 6.45) is -4.48. The van der Waals surface area contributed by atoms with E-state index in [0.29, 0.717) is 0 Å². The summed E-state index contributed by atoms with van der Waals surface area (Å²) in [5.74, 6) is -3.24. The van der Waals surface area contributed by atoms with Crippen LogP contribution in [0.3, 0.4) is 0 Å². The molecule has 0 bridgehead atoms. The minimum absolute atomic E-state index is 0.0477. The van der Waals surface area contributed by atoms with E-state index in [9.17, 15) is 26.7 Å². The van der Waals surface area contributed by atoms with Crippen LogP contribution < -0.4 is 16.4 Å². The molecule has 4 nitrogen and oxygen atoms in total. The molecule has 4 N–H and O–H groups in total. The van der Waals surface area contributed by atoms with E-state index in [1.54, 1.807) is 0 Å². The van der Waals surface area contributed by atoms with Crippen molar-refractivity contribution >= 4 is 11.7 Å². The lowest BCUT2D eigenvalue weighted by atomic mass is 10.2. The van der Waals surface area contributed by atoms with Gasteiger partial charge in [0.25, 0.3) is 5.92 Å². The maximum atomic E-state index is 12.7. The minimum atomic E-state index is -4.48. The Kier molecular flexibility index (Phi) is 4.88. The van der Waals surface area contributed by atoms with Gasteiger partial charge < -0.3 is 16.4 Å². The third-order valence-electron chi connectivity index (χ3n) is 2.28. The lowest BCUT2D eigenvalue weighted by molar-refractivity contribution is -0.137. The summed E-state index contributed by atoms with van der Waals surface area (Å²) in [4.78, 5) is 11.2. The SMILES string of the molecule is NCC(F)(F)CNC(=O)Nc1ccc(C(F)(F)F)cc1. The van der Waals surface area contributed by atoms with Crippen molar-refractivity contribution in [3.63, 3.8) is 0 Å². The topological polar surface area (TPSA) is 67.1 Å². The molecule has 0 aliphatic rings. The van der Waals surface area contributed by atoms with Gasteiger partial charge in [0.2, 0.25) is 0 Å². The second-order valence-electron chi connectivity index (χ2n) is 3.94. The van der Waals surface area contributed by atoms with Crippen molar-refractivity contribution in [2.75, 3.05) is 18.4 Å². The normalized spacial score (nSPS) is 12.1. The van der Waals surface area contributed by atoms with Gasteiger partial charge in [0.15, 0.2) is 0 Å². The zero-order valence-electron chi connectivity index (χ0n) is 10.1. The Morgan fingerprint density at radius 2 is 1.65 bits per heavy atom. The second kappa shape index (κ2) is 6.04. The van der Waals surface area contributed by atoms with E-state index in [4.69, 9.17) is 5.73 Å². The number of nitrogens with one attached hydrogen (secondary N) is 2. The molecule has 9 heteroatoms. The molecule has 1 aromatic rings. The van der Waals surface area contributed by atoms with E-state index in [1.807, 2.05) is 5.32 Å². The van der Waals surface area contributed by atoms with Crippen LogP contribution in [0.5, 0.6) is 0 Å². The van der Waals surface area contributed by atoms with Crippen LogP contribution in [-0.2, 0) is 6.18 Å². The quantitative estimate of drug-likeness (QED) is 0.747. The van der Waals surface area contributed by atoms with Crippen molar-refractivity contribution in [3.05, 3.63) is 29.8 Å². The number of carbonyl (C=O) groups excluding carboxylic acids is 1. The summed E-state index contributed by atoms with van der Waals surface area (Å²) < 4.78 is 62.3. The average molecular weight is 297 g/mol. The molecular formula is C11H12F5N3O. The fourth-order valence-electron chi connectivity index (χ4n) is 1.20. The predicted molar refractivity (Wildman–Crippen MR) is 62.5 cm³/mol. The summed E-state index contributed by atoms with van der Waals surface area (Å²) in [6, 6.07) is 2.61. The Balaban J connectivity index is 2.55. The molecule has 0 aliphatic heterocycles. The lowest BCUT2D eigenvalue weighted by Crippen LogP contribution is -2.43. The lowest BCUT2D eigenvalue weighted by Gasteiger charge is -2.15. The molecule has 1 rings (SSSR count). The van der Waals surface area contributed by atoms with Crippen LogP contribution in [0.1, 0.15) is 5.56 Å². The highest BCUT2D eigenvalue weighted by Crippen LogP contribution is 2.29. The molecule has 1 aromatic carbocycles. The smallest absolute Gasteiger partial charge is 0.332 e. The van der Waals surface area contributed by atoms with Gasteiger partial charge in [0.05, 0.1) is 18.7 Å². The van der Waals surface area contributed by atoms with E-state index >= 15 is 0 Å². The molecule has 112 valence electrons. The van der Waals surface area contributed by atoms with Crippen molar-refractivity contribution < 1.29 is 26.7 Å². The molecule has 0 spiro atoms. The van der Waals surface area contributed by atoms with Crippen LogP contribution in [0.25, 0.3) is 0 Å². The van der Waals surface area contributed by atoms with Gasteiger partial charge in [0.1, 0.15) is 0 Å². The first kappa shape index (κ1) is 16.2. The summed E-state index contributed by atoms with van der Waals surface area (Å²) in [6.45, 7) is -1.89. The number of amides is 2. The third kappa shape index (κ3) is 5.00. The highest BCUT2D eigenvalue weighted by Gasteiger charge is 2.30. The van der Waals surface area contributed by atoms with Gasteiger partial charge in [-0.1, -0.05) is 0 Å². The van der Waals surface area contributed by atoms with Gasteiger partial charge in [-0.25, -0.2) is 13.6 Å². The minimum Gasteiger partial charge on any atom is -0.332 e. The second-order valence-corrected chi connectivity index (χ2v) is 3.94. The largest absolute Gasteiger partial charge is 0.416 e. The van der Waals surface area contributed by atoms with E-state index in [1.165, 1.54) is 0 Å². The van der Waals surface area contributed by atoms with Crippen LogP contribution in [0, 0.1) is 0 Å². The first-order valence-electron chi connectivity index (χ1n) is 5.44. The Hall–Kier alpha value is -1.90. The van der Waals surface area contributed by atoms with Gasteiger partial charge >= 0.3 is 12.2 Å². The zero-order chi connectivity index (χ0) is 15.4. The Bertz CT molecular complexity index is 458. The van der Waals surface area contributed by atoms with Crippen molar-refractivity contribution in [1.82, 2.24) is 5.32 Å². The Labute approximate surface area is 111 Å². The zero-order valence-corrected chi connectivity index (χ0v) is 10.1. The number of rotatable bonds is 4. The van der Waals surface area contributed by atoms with Crippen molar-refractivity contribution in [2.45, 2.75) is 12.1 Å². The molecule has 0 atom stereocenters. The number of benzene rings is 1. The maximum absolute atomic E-state index is 12.7. The van der Waals surface area contributed by atoms with Crippen molar-refractivity contribution in [3.8, 4) is 0 Å². The standard InChI is InChI=1S/C11H12F5N3O/c12-10(13,5-17)6-18-9(20)19-8-3-1-7(2-4-8)11(14,15)16/h1-4H,5-6,17H2,(H2,18,19,20). The van der Waals surface area contributed by atoms with Gasteiger partial charge in [-0.05, 0) is 24.3 Å². The third-order valence-corrected chi connectivity index (χ3v) is 2.28. The molecule has 0 fully saturated rings. The molecule has 0 aromatic heterocycles. The van der Waals surface area contributed by atoms with Crippen LogP contribution in [0.4, 0.5) is 32.4 Å². The van der Waals surface area contributed by atoms with Crippen LogP contribution in [-0.4, -0.2) is 25.0 Å². The molecule has 0 unspecified atom stereocenters.